The van der Waals surface area contributed by atoms with Gasteiger partial charge in [-0.25, -0.2) is 4.98 Å². The van der Waals surface area contributed by atoms with E-state index in [1.807, 2.05) is 22.7 Å². The molecule has 4 aromatic rings. The summed E-state index contributed by atoms with van der Waals surface area (Å²) in [4.78, 5) is 8.86. The largest absolute Gasteiger partial charge is 0.294 e. The van der Waals surface area contributed by atoms with E-state index in [9.17, 15) is 0 Å². The lowest BCUT2D eigenvalue weighted by Crippen LogP contribution is -2.01. The number of hydrogen-bond donors (Lipinski definition) is 0. The van der Waals surface area contributed by atoms with Crippen LogP contribution >= 0.6 is 22.7 Å². The van der Waals surface area contributed by atoms with Crippen molar-refractivity contribution in [2.45, 2.75) is 25.7 Å². The van der Waals surface area contributed by atoms with Crippen LogP contribution in [0.5, 0.6) is 0 Å². The fraction of sp³-hybridized carbons (Fsp3) is 0.235. The van der Waals surface area contributed by atoms with Crippen LogP contribution in [0.4, 0.5) is 0 Å². The van der Waals surface area contributed by atoms with Crippen LogP contribution in [-0.2, 0) is 12.8 Å². The van der Waals surface area contributed by atoms with Gasteiger partial charge in [0.15, 0.2) is 4.96 Å². The van der Waals surface area contributed by atoms with Crippen LogP contribution in [-0.4, -0.2) is 9.38 Å². The highest BCUT2D eigenvalue weighted by atomic mass is 32.1. The molecule has 2 nitrogen and oxygen atoms in total. The fourth-order valence-electron chi connectivity index (χ4n) is 3.19. The highest BCUT2D eigenvalue weighted by Crippen LogP contribution is 2.36. The Morgan fingerprint density at radius 2 is 1.95 bits per heavy atom. The molecule has 0 bridgehead atoms. The second kappa shape index (κ2) is 4.42. The van der Waals surface area contributed by atoms with Gasteiger partial charge in [-0.1, -0.05) is 18.2 Å². The van der Waals surface area contributed by atoms with E-state index >= 15 is 0 Å². The van der Waals surface area contributed by atoms with Crippen LogP contribution in [0, 0.1) is 0 Å². The molecule has 0 atom stereocenters. The maximum Gasteiger partial charge on any atom is 0.194 e. The Morgan fingerprint density at radius 1 is 1.05 bits per heavy atom. The summed E-state index contributed by atoms with van der Waals surface area (Å²) in [5.74, 6) is 0. The Morgan fingerprint density at radius 3 is 2.90 bits per heavy atom. The van der Waals surface area contributed by atoms with E-state index in [1.54, 1.807) is 4.88 Å². The molecule has 5 rings (SSSR count). The van der Waals surface area contributed by atoms with E-state index in [1.165, 1.54) is 46.3 Å². The highest BCUT2D eigenvalue weighted by Gasteiger charge is 2.18. The predicted molar refractivity (Wildman–Crippen MR) is 90.5 cm³/mol. The van der Waals surface area contributed by atoms with Crippen molar-refractivity contribution >= 4 is 37.7 Å². The molecule has 0 amide bonds. The molecular weight excluding hydrogens is 296 g/mol. The molecule has 0 radical (unpaired) electrons. The predicted octanol–water partition coefficient (Wildman–Crippen LogP) is 5.16. The zero-order chi connectivity index (χ0) is 13.8. The quantitative estimate of drug-likeness (QED) is 0.475. The second-order valence-electron chi connectivity index (χ2n) is 5.61. The van der Waals surface area contributed by atoms with Gasteiger partial charge in [-0.05, 0) is 43.2 Å². The van der Waals surface area contributed by atoms with E-state index < -0.39 is 0 Å². The van der Waals surface area contributed by atoms with Crippen LogP contribution in [0.25, 0.3) is 25.6 Å². The number of imidazole rings is 1. The SMILES string of the molecule is c1ccc2sc(-c3cn4c5c(sc4n3)CCCC5)cc2c1. The van der Waals surface area contributed by atoms with Crippen molar-refractivity contribution in [3.63, 3.8) is 0 Å². The number of thiazole rings is 1. The van der Waals surface area contributed by atoms with Crippen LogP contribution < -0.4 is 0 Å². The number of thiophene rings is 1. The summed E-state index contributed by atoms with van der Waals surface area (Å²) in [5.41, 5.74) is 2.62. The van der Waals surface area contributed by atoms with Gasteiger partial charge in [0.1, 0.15) is 5.69 Å². The number of rotatable bonds is 1. The number of nitrogens with zero attached hydrogens (tertiary/aromatic N) is 2. The minimum Gasteiger partial charge on any atom is -0.294 e. The van der Waals surface area contributed by atoms with Gasteiger partial charge in [0.05, 0.1) is 4.88 Å². The summed E-state index contributed by atoms with van der Waals surface area (Å²) >= 11 is 3.71. The zero-order valence-corrected chi connectivity index (χ0v) is 13.1. The molecule has 104 valence electrons. The molecule has 0 spiro atoms. The first-order valence-electron chi connectivity index (χ1n) is 7.37. The van der Waals surface area contributed by atoms with Gasteiger partial charge in [0, 0.05) is 21.5 Å². The van der Waals surface area contributed by atoms with Gasteiger partial charge in [0.2, 0.25) is 0 Å². The van der Waals surface area contributed by atoms with Crippen LogP contribution in [0.3, 0.4) is 0 Å². The van der Waals surface area contributed by atoms with E-state index in [2.05, 4.69) is 40.9 Å². The van der Waals surface area contributed by atoms with Crippen molar-refractivity contribution in [2.24, 2.45) is 0 Å². The van der Waals surface area contributed by atoms with Crippen LogP contribution in [0.2, 0.25) is 0 Å². The number of benzene rings is 1. The molecule has 3 aromatic heterocycles. The Hall–Kier alpha value is -1.65. The Labute approximate surface area is 130 Å². The fourth-order valence-corrected chi connectivity index (χ4v) is 5.40. The van der Waals surface area contributed by atoms with Gasteiger partial charge in [-0.15, -0.1) is 22.7 Å². The first-order chi connectivity index (χ1) is 10.4. The zero-order valence-electron chi connectivity index (χ0n) is 11.5. The second-order valence-corrected chi connectivity index (χ2v) is 7.75. The number of hydrogen-bond acceptors (Lipinski definition) is 3. The minimum absolute atomic E-state index is 1.12. The summed E-state index contributed by atoms with van der Waals surface area (Å²) < 4.78 is 3.67. The summed E-state index contributed by atoms with van der Waals surface area (Å²) in [6.45, 7) is 0. The first-order valence-corrected chi connectivity index (χ1v) is 9.00. The van der Waals surface area contributed by atoms with Crippen molar-refractivity contribution < 1.29 is 0 Å². The van der Waals surface area contributed by atoms with Gasteiger partial charge >= 0.3 is 0 Å². The Bertz CT molecular complexity index is 925. The summed E-state index contributed by atoms with van der Waals surface area (Å²) in [6.07, 6.45) is 7.33. The van der Waals surface area contributed by atoms with E-state index in [0.29, 0.717) is 0 Å². The van der Waals surface area contributed by atoms with Crippen molar-refractivity contribution in [1.29, 1.82) is 0 Å². The van der Waals surface area contributed by atoms with E-state index in [-0.39, 0.29) is 0 Å². The molecule has 1 aromatic carbocycles. The van der Waals surface area contributed by atoms with Crippen molar-refractivity contribution in [1.82, 2.24) is 9.38 Å². The summed E-state index contributed by atoms with van der Waals surface area (Å²) in [7, 11) is 0. The first kappa shape index (κ1) is 12.0. The van der Waals surface area contributed by atoms with E-state index in [0.717, 1.165) is 10.7 Å². The maximum atomic E-state index is 4.88. The lowest BCUT2D eigenvalue weighted by molar-refractivity contribution is 0.674. The summed E-state index contributed by atoms with van der Waals surface area (Å²) in [6, 6.07) is 10.8. The van der Waals surface area contributed by atoms with Crippen molar-refractivity contribution in [3.8, 4) is 10.6 Å². The molecule has 0 saturated heterocycles. The van der Waals surface area contributed by atoms with Gasteiger partial charge < -0.3 is 0 Å². The van der Waals surface area contributed by atoms with Crippen LogP contribution in [0.1, 0.15) is 23.4 Å². The monoisotopic (exact) mass is 310 g/mol. The molecule has 0 saturated carbocycles. The molecule has 1 aliphatic carbocycles. The molecule has 3 heterocycles. The van der Waals surface area contributed by atoms with Crippen molar-refractivity contribution in [2.75, 3.05) is 0 Å². The third kappa shape index (κ3) is 1.79. The smallest absolute Gasteiger partial charge is 0.194 e. The molecule has 21 heavy (non-hydrogen) atoms. The molecule has 0 N–H and O–H groups in total. The molecule has 0 fully saturated rings. The average molecular weight is 310 g/mol. The molecular formula is C17H14N2S2. The standard InChI is InChI=1S/C17H14N2S2/c1-3-7-14-11(5-1)9-16(20-14)12-10-19-13-6-2-4-8-15(13)21-17(19)18-12/h1,3,5,7,9-10H,2,4,6,8H2. The number of fused-ring (bicyclic) bond motifs is 4. The normalized spacial score (nSPS) is 14.9. The van der Waals surface area contributed by atoms with Gasteiger partial charge in [-0.3, -0.25) is 4.40 Å². The van der Waals surface area contributed by atoms with Crippen LogP contribution in [0.15, 0.2) is 36.5 Å². The topological polar surface area (TPSA) is 17.3 Å². The molecule has 1 aliphatic rings. The minimum atomic E-state index is 1.12. The van der Waals surface area contributed by atoms with E-state index in [4.69, 9.17) is 4.98 Å². The summed E-state index contributed by atoms with van der Waals surface area (Å²) in [5, 5.41) is 1.32. The lowest BCUT2D eigenvalue weighted by Gasteiger charge is -2.09. The Kier molecular flexibility index (Phi) is 2.52. The number of aryl methyl sites for hydroxylation is 2. The molecule has 0 unspecified atom stereocenters. The van der Waals surface area contributed by atoms with Crippen molar-refractivity contribution in [3.05, 3.63) is 47.1 Å². The maximum absolute atomic E-state index is 4.88. The Balaban J connectivity index is 1.68. The highest BCUT2D eigenvalue weighted by molar-refractivity contribution is 7.22. The number of aromatic nitrogens is 2. The third-order valence-corrected chi connectivity index (χ3v) is 6.54. The molecule has 0 aliphatic heterocycles. The van der Waals surface area contributed by atoms with Gasteiger partial charge in [-0.2, -0.15) is 0 Å². The molecule has 4 heteroatoms. The average Bonchev–Trinajstić information content (AvgIpc) is 3.18. The third-order valence-electron chi connectivity index (χ3n) is 4.25. The van der Waals surface area contributed by atoms with Gasteiger partial charge in [0.25, 0.3) is 0 Å². The lowest BCUT2D eigenvalue weighted by atomic mass is 10.0.